The summed E-state index contributed by atoms with van der Waals surface area (Å²) in [4.78, 5) is 35.9. The van der Waals surface area contributed by atoms with Gasteiger partial charge < -0.3 is 10.1 Å². The Morgan fingerprint density at radius 3 is 2.43 bits per heavy atom. The molecule has 1 amide bonds. The number of carbonyl (C=O) groups excluding carboxylic acids is 3. The third-order valence-electron chi connectivity index (χ3n) is 4.55. The first-order valence-electron chi connectivity index (χ1n) is 9.63. The third kappa shape index (κ3) is 5.41. The molecule has 30 heavy (non-hydrogen) atoms. The fraction of sp³-hybridized carbons (Fsp3) is 0.217. The first-order chi connectivity index (χ1) is 14.4. The molecule has 0 unspecified atom stereocenters. The van der Waals surface area contributed by atoms with Crippen LogP contribution in [0.25, 0.3) is 11.3 Å². The van der Waals surface area contributed by atoms with Crippen molar-refractivity contribution in [1.82, 2.24) is 15.5 Å². The van der Waals surface area contributed by atoms with Crippen LogP contribution in [0.15, 0.2) is 60.7 Å². The molecule has 2 N–H and O–H groups in total. The topological polar surface area (TPSA) is 101 Å². The van der Waals surface area contributed by atoms with Crippen LogP contribution in [0.1, 0.15) is 40.3 Å². The van der Waals surface area contributed by atoms with Gasteiger partial charge in [0.1, 0.15) is 5.69 Å². The molecule has 0 bridgehead atoms. The number of carbonyl (C=O) groups is 3. The molecule has 0 radical (unpaired) electrons. The summed E-state index contributed by atoms with van der Waals surface area (Å²) in [6.45, 7) is 3.54. The van der Waals surface area contributed by atoms with Gasteiger partial charge in [-0.1, -0.05) is 54.6 Å². The quantitative estimate of drug-likeness (QED) is 0.443. The lowest BCUT2D eigenvalue weighted by Gasteiger charge is -2.12. The Hall–Kier alpha value is -3.74. The smallest absolute Gasteiger partial charge is 0.357 e. The second-order valence-electron chi connectivity index (χ2n) is 6.87. The van der Waals surface area contributed by atoms with Gasteiger partial charge in [0.25, 0.3) is 0 Å². The molecular formula is C23H23N3O4. The van der Waals surface area contributed by atoms with Gasteiger partial charge in [0.05, 0.1) is 5.69 Å². The van der Waals surface area contributed by atoms with Gasteiger partial charge in [0.15, 0.2) is 6.10 Å². The van der Waals surface area contributed by atoms with Crippen LogP contribution in [-0.4, -0.2) is 40.5 Å². The molecule has 3 aromatic rings. The molecule has 0 saturated heterocycles. The molecular weight excluding hydrogens is 382 g/mol. The van der Waals surface area contributed by atoms with Crippen molar-refractivity contribution in [2.24, 2.45) is 0 Å². The van der Waals surface area contributed by atoms with Gasteiger partial charge in [-0.3, -0.25) is 14.7 Å². The van der Waals surface area contributed by atoms with Crippen LogP contribution in [0.5, 0.6) is 0 Å². The van der Waals surface area contributed by atoms with Gasteiger partial charge >= 0.3 is 5.97 Å². The summed E-state index contributed by atoms with van der Waals surface area (Å²) in [5.74, 6) is -1.01. The van der Waals surface area contributed by atoms with Crippen LogP contribution in [-0.2, 0) is 16.0 Å². The zero-order valence-electron chi connectivity index (χ0n) is 16.8. The molecule has 154 valence electrons. The molecule has 0 spiro atoms. The van der Waals surface area contributed by atoms with E-state index in [9.17, 15) is 14.4 Å². The summed E-state index contributed by atoms with van der Waals surface area (Å²) in [5, 5.41) is 9.51. The van der Waals surface area contributed by atoms with Crippen molar-refractivity contribution >= 4 is 17.7 Å². The van der Waals surface area contributed by atoms with E-state index < -0.39 is 12.1 Å². The second-order valence-corrected chi connectivity index (χ2v) is 6.87. The van der Waals surface area contributed by atoms with E-state index in [1.54, 1.807) is 25.1 Å². The molecule has 0 fully saturated rings. The van der Waals surface area contributed by atoms with Gasteiger partial charge in [0.2, 0.25) is 11.7 Å². The molecule has 1 heterocycles. The summed E-state index contributed by atoms with van der Waals surface area (Å²) >= 11 is 0. The standard InChI is InChI=1S/C23H23N3O4/c1-15(22(28)19-10-8-17(9-11-19)12-13-24-16(2)27)30-23(29)21-14-20(25-26-21)18-6-4-3-5-7-18/h3-11,14-15H,12-13H2,1-2H3,(H,24,27)(H,25,26)/t15-/m0/s1. The lowest BCUT2D eigenvalue weighted by Crippen LogP contribution is -2.24. The van der Waals surface area contributed by atoms with Crippen LogP contribution < -0.4 is 5.32 Å². The van der Waals surface area contributed by atoms with Crippen molar-refractivity contribution in [3.05, 3.63) is 77.5 Å². The second kappa shape index (κ2) is 9.65. The first kappa shape index (κ1) is 21.0. The number of aromatic amines is 1. The molecule has 1 aromatic heterocycles. The SMILES string of the molecule is CC(=O)NCCc1ccc(C(=O)[C@H](C)OC(=O)c2cc(-c3ccccc3)n[nH]2)cc1. The molecule has 7 nitrogen and oxygen atoms in total. The molecule has 3 rings (SSSR count). The normalized spacial score (nSPS) is 11.5. The maximum Gasteiger partial charge on any atom is 0.357 e. The minimum atomic E-state index is -0.939. The van der Waals surface area contributed by atoms with E-state index in [1.165, 1.54) is 6.92 Å². The summed E-state index contributed by atoms with van der Waals surface area (Å²) < 4.78 is 5.32. The summed E-state index contributed by atoms with van der Waals surface area (Å²) in [6.07, 6.45) is -0.270. The Morgan fingerprint density at radius 1 is 1.07 bits per heavy atom. The van der Waals surface area contributed by atoms with Crippen molar-refractivity contribution in [3.63, 3.8) is 0 Å². The molecule has 1 atom stereocenters. The zero-order chi connectivity index (χ0) is 21.5. The van der Waals surface area contributed by atoms with Gasteiger partial charge in [-0.2, -0.15) is 5.10 Å². The van der Waals surface area contributed by atoms with E-state index in [0.29, 0.717) is 24.2 Å². The predicted molar refractivity (Wildman–Crippen MR) is 112 cm³/mol. The fourth-order valence-corrected chi connectivity index (χ4v) is 2.91. The number of esters is 1. The van der Waals surface area contributed by atoms with Gasteiger partial charge in [-0.15, -0.1) is 0 Å². The van der Waals surface area contributed by atoms with Crippen LogP contribution in [0.4, 0.5) is 0 Å². The zero-order valence-corrected chi connectivity index (χ0v) is 16.8. The van der Waals surface area contributed by atoms with Crippen molar-refractivity contribution in [2.45, 2.75) is 26.4 Å². The van der Waals surface area contributed by atoms with Crippen molar-refractivity contribution in [1.29, 1.82) is 0 Å². The van der Waals surface area contributed by atoms with Crippen LogP contribution in [0.3, 0.4) is 0 Å². The third-order valence-corrected chi connectivity index (χ3v) is 4.55. The van der Waals surface area contributed by atoms with Crippen molar-refractivity contribution in [2.75, 3.05) is 6.54 Å². The summed E-state index contributed by atoms with van der Waals surface area (Å²) in [6, 6.07) is 18.1. The fourth-order valence-electron chi connectivity index (χ4n) is 2.91. The highest BCUT2D eigenvalue weighted by Crippen LogP contribution is 2.18. The average Bonchev–Trinajstić information content (AvgIpc) is 3.24. The van der Waals surface area contributed by atoms with Crippen LogP contribution in [0.2, 0.25) is 0 Å². The number of H-pyrrole nitrogens is 1. The number of benzene rings is 2. The minimum absolute atomic E-state index is 0.0782. The number of hydrogen-bond donors (Lipinski definition) is 2. The monoisotopic (exact) mass is 405 g/mol. The van der Waals surface area contributed by atoms with E-state index in [1.807, 2.05) is 42.5 Å². The van der Waals surface area contributed by atoms with E-state index in [-0.39, 0.29) is 17.4 Å². The number of amides is 1. The maximum atomic E-state index is 12.6. The summed E-state index contributed by atoms with van der Waals surface area (Å²) in [5.41, 5.74) is 3.12. The molecule has 0 aliphatic heterocycles. The van der Waals surface area contributed by atoms with E-state index >= 15 is 0 Å². The van der Waals surface area contributed by atoms with Crippen LogP contribution >= 0.6 is 0 Å². The van der Waals surface area contributed by atoms with Crippen molar-refractivity contribution < 1.29 is 19.1 Å². The van der Waals surface area contributed by atoms with Gasteiger partial charge in [-0.25, -0.2) is 4.79 Å². The minimum Gasteiger partial charge on any atom is -0.450 e. The highest BCUT2D eigenvalue weighted by Gasteiger charge is 2.22. The number of nitrogens with one attached hydrogen (secondary N) is 2. The number of hydrogen-bond acceptors (Lipinski definition) is 5. The van der Waals surface area contributed by atoms with Crippen LogP contribution in [0, 0.1) is 0 Å². The Kier molecular flexibility index (Phi) is 6.75. The van der Waals surface area contributed by atoms with E-state index in [2.05, 4.69) is 15.5 Å². The number of ketones is 1. The predicted octanol–water partition coefficient (Wildman–Crippen LogP) is 3.18. The Balaban J connectivity index is 1.58. The molecule has 0 saturated carbocycles. The number of nitrogens with zero attached hydrogens (tertiary/aromatic N) is 1. The van der Waals surface area contributed by atoms with E-state index in [0.717, 1.165) is 11.1 Å². The highest BCUT2D eigenvalue weighted by atomic mass is 16.5. The lowest BCUT2D eigenvalue weighted by molar-refractivity contribution is -0.118. The lowest BCUT2D eigenvalue weighted by atomic mass is 10.0. The number of rotatable bonds is 8. The largest absolute Gasteiger partial charge is 0.450 e. The Bertz CT molecular complexity index is 1030. The molecule has 0 aliphatic carbocycles. The Morgan fingerprint density at radius 2 is 1.77 bits per heavy atom. The maximum absolute atomic E-state index is 12.6. The Labute approximate surface area is 174 Å². The first-order valence-corrected chi connectivity index (χ1v) is 9.63. The molecule has 7 heteroatoms. The van der Waals surface area contributed by atoms with Gasteiger partial charge in [0, 0.05) is 24.6 Å². The molecule has 0 aliphatic rings. The van der Waals surface area contributed by atoms with E-state index in [4.69, 9.17) is 4.74 Å². The molecule has 2 aromatic carbocycles. The average molecular weight is 405 g/mol. The number of ether oxygens (including phenoxy) is 1. The van der Waals surface area contributed by atoms with Gasteiger partial charge in [-0.05, 0) is 25.0 Å². The number of aromatic nitrogens is 2. The number of Topliss-reactive ketones (excluding diaryl/α,β-unsaturated/α-hetero) is 1. The van der Waals surface area contributed by atoms with Crippen molar-refractivity contribution in [3.8, 4) is 11.3 Å². The summed E-state index contributed by atoms with van der Waals surface area (Å²) in [7, 11) is 0. The highest BCUT2D eigenvalue weighted by molar-refractivity contribution is 6.01.